The molecule has 0 radical (unpaired) electrons. The monoisotopic (exact) mass is 256 g/mol. The van der Waals surface area contributed by atoms with Crippen LogP contribution in [0.2, 0.25) is 0 Å². The first-order valence-electron chi connectivity index (χ1n) is 4.99. The number of nitrogens with zero attached hydrogens (tertiary/aromatic N) is 2. The third kappa shape index (κ3) is 2.53. The minimum absolute atomic E-state index is 0.0876. The summed E-state index contributed by atoms with van der Waals surface area (Å²) in [6.45, 7) is 1.67. The van der Waals surface area contributed by atoms with E-state index in [1.165, 1.54) is 0 Å². The summed E-state index contributed by atoms with van der Waals surface area (Å²) in [5, 5.41) is 8.93. The zero-order valence-corrected chi connectivity index (χ0v) is 9.74. The van der Waals surface area contributed by atoms with Gasteiger partial charge in [-0.05, 0) is 6.92 Å². The average molecular weight is 256 g/mol. The first kappa shape index (κ1) is 13.8. The van der Waals surface area contributed by atoms with Crippen LogP contribution in [0.3, 0.4) is 0 Å². The number of alkyl halides is 2. The van der Waals surface area contributed by atoms with Crippen LogP contribution in [-0.2, 0) is 4.74 Å². The van der Waals surface area contributed by atoms with Crippen molar-refractivity contribution in [2.45, 2.75) is 13.3 Å². The predicted octanol–water partition coefficient (Wildman–Crippen LogP) is 2.08. The topological polar surface area (TPSA) is 72.2 Å². The Bertz CT molecular complexity index is 498. The summed E-state index contributed by atoms with van der Waals surface area (Å²) in [6.07, 6.45) is -2.05. The van der Waals surface area contributed by atoms with E-state index < -0.39 is 18.0 Å². The Kier molecular flexibility index (Phi) is 4.54. The van der Waals surface area contributed by atoms with Gasteiger partial charge < -0.3 is 9.47 Å². The number of aromatic nitrogens is 1. The third-order valence-electron chi connectivity index (χ3n) is 2.08. The van der Waals surface area contributed by atoms with E-state index in [9.17, 15) is 13.6 Å². The lowest BCUT2D eigenvalue weighted by molar-refractivity contribution is 0.0517. The lowest BCUT2D eigenvalue weighted by Gasteiger charge is -2.11. The van der Waals surface area contributed by atoms with E-state index in [2.05, 4.69) is 9.72 Å². The van der Waals surface area contributed by atoms with Crippen LogP contribution in [0.15, 0.2) is 6.20 Å². The summed E-state index contributed by atoms with van der Waals surface area (Å²) in [5.41, 5.74) is -1.23. The normalized spacial score (nSPS) is 10.0. The third-order valence-corrected chi connectivity index (χ3v) is 2.08. The second kappa shape index (κ2) is 5.91. The van der Waals surface area contributed by atoms with Crippen LogP contribution in [0.25, 0.3) is 0 Å². The number of hydrogen-bond acceptors (Lipinski definition) is 5. The van der Waals surface area contributed by atoms with E-state index in [0.29, 0.717) is 0 Å². The Hall–Kier alpha value is -2.23. The maximum atomic E-state index is 12.7. The van der Waals surface area contributed by atoms with Crippen LogP contribution in [0, 0.1) is 11.3 Å². The molecule has 0 aromatic carbocycles. The minimum atomic E-state index is -2.85. The maximum absolute atomic E-state index is 12.7. The number of hydrogen-bond donors (Lipinski definition) is 0. The number of nitriles is 1. The zero-order valence-electron chi connectivity index (χ0n) is 9.74. The highest BCUT2D eigenvalue weighted by Crippen LogP contribution is 2.32. The lowest BCUT2D eigenvalue weighted by atomic mass is 10.1. The number of halogens is 2. The number of rotatable bonds is 4. The molecule has 0 aliphatic heterocycles. The van der Waals surface area contributed by atoms with Crippen LogP contribution in [0.1, 0.15) is 35.0 Å². The Morgan fingerprint density at radius 1 is 1.61 bits per heavy atom. The number of methoxy groups -OCH3 is 1. The molecule has 18 heavy (non-hydrogen) atoms. The Morgan fingerprint density at radius 3 is 2.72 bits per heavy atom. The fourth-order valence-electron chi connectivity index (χ4n) is 1.34. The maximum Gasteiger partial charge on any atom is 0.358 e. The largest absolute Gasteiger partial charge is 0.495 e. The van der Waals surface area contributed by atoms with Crippen LogP contribution < -0.4 is 4.74 Å². The molecule has 0 bridgehead atoms. The van der Waals surface area contributed by atoms with Gasteiger partial charge in [0, 0.05) is 6.20 Å². The van der Waals surface area contributed by atoms with Crippen molar-refractivity contribution >= 4 is 5.97 Å². The molecule has 0 amide bonds. The van der Waals surface area contributed by atoms with Crippen molar-refractivity contribution < 1.29 is 23.0 Å². The molecule has 1 heterocycles. The summed E-state index contributed by atoms with van der Waals surface area (Å²) in [7, 11) is 1.14. The molecular formula is C11H10F2N2O3. The van der Waals surface area contributed by atoms with E-state index >= 15 is 0 Å². The quantitative estimate of drug-likeness (QED) is 0.771. The molecule has 0 fully saturated rings. The molecule has 0 saturated heterocycles. The Morgan fingerprint density at radius 2 is 2.28 bits per heavy atom. The predicted molar refractivity (Wildman–Crippen MR) is 56.4 cm³/mol. The molecule has 1 aromatic rings. The highest BCUT2D eigenvalue weighted by Gasteiger charge is 2.25. The van der Waals surface area contributed by atoms with Gasteiger partial charge in [0.15, 0.2) is 5.69 Å². The van der Waals surface area contributed by atoms with Gasteiger partial charge in [-0.25, -0.2) is 18.6 Å². The number of carbonyl (C=O) groups is 1. The van der Waals surface area contributed by atoms with E-state index in [0.717, 1.165) is 13.3 Å². The number of esters is 1. The summed E-state index contributed by atoms with van der Waals surface area (Å²) < 4.78 is 34.8. The molecule has 96 valence electrons. The van der Waals surface area contributed by atoms with Gasteiger partial charge in [-0.15, -0.1) is 0 Å². The van der Waals surface area contributed by atoms with Crippen molar-refractivity contribution in [1.82, 2.24) is 4.98 Å². The van der Waals surface area contributed by atoms with Gasteiger partial charge >= 0.3 is 5.97 Å². The second-order valence-corrected chi connectivity index (χ2v) is 3.10. The van der Waals surface area contributed by atoms with Crippen molar-refractivity contribution in [3.05, 3.63) is 23.0 Å². The number of pyridine rings is 1. The molecule has 0 N–H and O–H groups in total. The number of ether oxygens (including phenoxy) is 2. The Balaban J connectivity index is 3.40. The molecule has 0 atom stereocenters. The van der Waals surface area contributed by atoms with Crippen LogP contribution in [-0.4, -0.2) is 24.7 Å². The van der Waals surface area contributed by atoms with Crippen molar-refractivity contribution in [2.24, 2.45) is 0 Å². The Labute approximate surface area is 102 Å². The SMILES string of the molecule is CCOC(=O)c1ncc(C(F)F)c(OC)c1C#N. The van der Waals surface area contributed by atoms with Gasteiger partial charge in [-0.2, -0.15) is 5.26 Å². The first-order chi connectivity index (χ1) is 8.56. The van der Waals surface area contributed by atoms with Crippen molar-refractivity contribution in [3.63, 3.8) is 0 Å². The van der Waals surface area contributed by atoms with Crippen molar-refractivity contribution in [1.29, 1.82) is 5.26 Å². The average Bonchev–Trinajstić information content (AvgIpc) is 2.36. The van der Waals surface area contributed by atoms with E-state index in [1.54, 1.807) is 13.0 Å². The molecule has 1 rings (SSSR count). The van der Waals surface area contributed by atoms with Gasteiger partial charge in [0.05, 0.1) is 19.3 Å². The summed E-state index contributed by atoms with van der Waals surface area (Å²) in [4.78, 5) is 15.0. The lowest BCUT2D eigenvalue weighted by Crippen LogP contribution is -2.12. The summed E-state index contributed by atoms with van der Waals surface area (Å²) in [5.74, 6) is -1.21. The zero-order chi connectivity index (χ0) is 13.7. The fourth-order valence-corrected chi connectivity index (χ4v) is 1.34. The molecule has 0 saturated carbocycles. The van der Waals surface area contributed by atoms with Gasteiger partial charge in [0.1, 0.15) is 17.4 Å². The molecule has 0 aliphatic rings. The van der Waals surface area contributed by atoms with Gasteiger partial charge in [-0.3, -0.25) is 0 Å². The van der Waals surface area contributed by atoms with Gasteiger partial charge in [0.25, 0.3) is 6.43 Å². The summed E-state index contributed by atoms with van der Waals surface area (Å²) in [6, 6.07) is 1.63. The highest BCUT2D eigenvalue weighted by atomic mass is 19.3. The first-order valence-corrected chi connectivity index (χ1v) is 4.99. The van der Waals surface area contributed by atoms with Gasteiger partial charge in [0.2, 0.25) is 0 Å². The smallest absolute Gasteiger partial charge is 0.358 e. The van der Waals surface area contributed by atoms with E-state index in [1.807, 2.05) is 0 Å². The molecule has 5 nitrogen and oxygen atoms in total. The van der Waals surface area contributed by atoms with Crippen LogP contribution in [0.4, 0.5) is 8.78 Å². The van der Waals surface area contributed by atoms with E-state index in [-0.39, 0.29) is 23.6 Å². The standard InChI is InChI=1S/C11H10F2N2O3/c1-3-18-11(16)8-6(4-14)9(17-2)7(5-15-8)10(12)13/h5,10H,3H2,1-2H3. The minimum Gasteiger partial charge on any atom is -0.495 e. The number of carbonyl (C=O) groups excluding carboxylic acids is 1. The molecule has 1 aromatic heterocycles. The molecule has 7 heteroatoms. The highest BCUT2D eigenvalue weighted by molar-refractivity contribution is 5.91. The molecule has 0 unspecified atom stereocenters. The van der Waals surface area contributed by atoms with Crippen molar-refractivity contribution in [3.8, 4) is 11.8 Å². The molecular weight excluding hydrogens is 246 g/mol. The van der Waals surface area contributed by atoms with E-state index in [4.69, 9.17) is 10.00 Å². The molecule has 0 aliphatic carbocycles. The van der Waals surface area contributed by atoms with Gasteiger partial charge in [-0.1, -0.05) is 0 Å². The van der Waals surface area contributed by atoms with Crippen LogP contribution in [0.5, 0.6) is 5.75 Å². The molecule has 0 spiro atoms. The van der Waals surface area contributed by atoms with Crippen LogP contribution >= 0.6 is 0 Å². The second-order valence-electron chi connectivity index (χ2n) is 3.10. The van der Waals surface area contributed by atoms with Crippen molar-refractivity contribution in [2.75, 3.05) is 13.7 Å². The fraction of sp³-hybridized carbons (Fsp3) is 0.364. The summed E-state index contributed by atoms with van der Waals surface area (Å²) >= 11 is 0.